The normalized spacial score (nSPS) is 12.5. The summed E-state index contributed by atoms with van der Waals surface area (Å²) in [6.07, 6.45) is 2.03. The first kappa shape index (κ1) is 15.4. The van der Waals surface area contributed by atoms with Gasteiger partial charge in [-0.15, -0.1) is 0 Å². The average Bonchev–Trinajstić information content (AvgIpc) is 3.02. The van der Waals surface area contributed by atoms with Gasteiger partial charge in [0.1, 0.15) is 4.64 Å². The van der Waals surface area contributed by atoms with E-state index in [0.717, 1.165) is 28.9 Å². The second kappa shape index (κ2) is 6.11. The van der Waals surface area contributed by atoms with Crippen molar-refractivity contribution in [3.05, 3.63) is 101 Å². The topological polar surface area (TPSA) is 9.86 Å². The van der Waals surface area contributed by atoms with Crippen LogP contribution in [0.5, 0.6) is 0 Å². The Hall–Kier alpha value is -2.91. The van der Waals surface area contributed by atoms with E-state index >= 15 is 0 Å². The molecule has 3 aromatic carbocycles. The van der Waals surface area contributed by atoms with Crippen molar-refractivity contribution in [1.82, 2.24) is 9.36 Å². The Morgan fingerprint density at radius 3 is 1.88 bits per heavy atom. The van der Waals surface area contributed by atoms with Gasteiger partial charge in [0, 0.05) is 11.1 Å². The van der Waals surface area contributed by atoms with E-state index in [2.05, 4.69) is 88.2 Å². The lowest BCUT2D eigenvalue weighted by molar-refractivity contribution is 0.741. The molecule has 4 aromatic rings. The highest BCUT2D eigenvalue weighted by Crippen LogP contribution is 2.37. The fourth-order valence-electron chi connectivity index (χ4n) is 3.89. The molecule has 0 fully saturated rings. The highest BCUT2D eigenvalue weighted by Gasteiger charge is 2.25. The van der Waals surface area contributed by atoms with Crippen LogP contribution in [0.25, 0.3) is 22.6 Å². The van der Waals surface area contributed by atoms with Crippen LogP contribution in [0.2, 0.25) is 0 Å². The van der Waals surface area contributed by atoms with Gasteiger partial charge in [-0.05, 0) is 42.7 Å². The van der Waals surface area contributed by atoms with Crippen LogP contribution in [0.4, 0.5) is 0 Å². The zero-order chi connectivity index (χ0) is 17.5. The summed E-state index contributed by atoms with van der Waals surface area (Å²) < 4.78 is 5.37. The molecule has 1 aliphatic carbocycles. The summed E-state index contributed by atoms with van der Waals surface area (Å²) in [5, 5.41) is 0. The summed E-state index contributed by atoms with van der Waals surface area (Å²) in [5.74, 6) is 0. The van der Waals surface area contributed by atoms with E-state index in [9.17, 15) is 0 Å². The molecule has 1 heterocycles. The molecule has 0 radical (unpaired) electrons. The summed E-state index contributed by atoms with van der Waals surface area (Å²) in [7, 11) is 0. The molecule has 0 unspecified atom stereocenters. The average molecular weight is 354 g/mol. The van der Waals surface area contributed by atoms with Crippen molar-refractivity contribution in [3.63, 3.8) is 0 Å². The van der Waals surface area contributed by atoms with E-state index in [1.165, 1.54) is 22.4 Å². The molecule has 0 saturated heterocycles. The van der Waals surface area contributed by atoms with E-state index in [4.69, 9.17) is 12.2 Å². The molecule has 5 rings (SSSR count). The quantitative estimate of drug-likeness (QED) is 0.416. The number of hydrogen-bond donors (Lipinski definition) is 0. The molecule has 0 atom stereocenters. The molecule has 0 amide bonds. The number of rotatable bonds is 2. The van der Waals surface area contributed by atoms with E-state index in [1.54, 1.807) is 0 Å². The van der Waals surface area contributed by atoms with Crippen LogP contribution in [-0.2, 0) is 12.8 Å². The van der Waals surface area contributed by atoms with Crippen LogP contribution in [0, 0.1) is 4.64 Å². The Morgan fingerprint density at radius 2 is 1.19 bits per heavy atom. The number of benzene rings is 3. The molecule has 0 spiro atoms. The molecule has 0 aliphatic heterocycles. The molecular weight excluding hydrogens is 336 g/mol. The lowest BCUT2D eigenvalue weighted by Gasteiger charge is -2.20. The maximum atomic E-state index is 5.95. The summed E-state index contributed by atoms with van der Waals surface area (Å²) in [6, 6.07) is 29.6. The molecule has 1 aliphatic rings. The lowest BCUT2D eigenvalue weighted by atomic mass is 9.90. The van der Waals surface area contributed by atoms with Crippen LogP contribution in [-0.4, -0.2) is 9.36 Å². The molecule has 2 nitrogen and oxygen atoms in total. The monoisotopic (exact) mass is 354 g/mol. The predicted octanol–water partition coefficient (Wildman–Crippen LogP) is 5.76. The fourth-order valence-corrected chi connectivity index (χ4v) is 4.28. The maximum Gasteiger partial charge on any atom is 0.132 e. The van der Waals surface area contributed by atoms with Crippen LogP contribution >= 0.6 is 12.2 Å². The maximum absolute atomic E-state index is 5.95. The lowest BCUT2D eigenvalue weighted by Crippen LogP contribution is -2.11. The molecular formula is C23H18N2S. The summed E-state index contributed by atoms with van der Waals surface area (Å²) in [6.45, 7) is 0. The largest absolute Gasteiger partial charge is 0.247 e. The summed E-state index contributed by atoms with van der Waals surface area (Å²) in [5.41, 5.74) is 7.40. The van der Waals surface area contributed by atoms with E-state index < -0.39 is 0 Å². The molecule has 1 aromatic heterocycles. The van der Waals surface area contributed by atoms with Gasteiger partial charge in [-0.1, -0.05) is 72.9 Å². The highest BCUT2D eigenvalue weighted by atomic mass is 32.1. The highest BCUT2D eigenvalue weighted by molar-refractivity contribution is 7.71. The van der Waals surface area contributed by atoms with Crippen molar-refractivity contribution >= 4 is 12.2 Å². The van der Waals surface area contributed by atoms with Crippen molar-refractivity contribution < 1.29 is 0 Å². The van der Waals surface area contributed by atoms with Gasteiger partial charge in [-0.25, -0.2) is 9.36 Å². The van der Waals surface area contributed by atoms with Gasteiger partial charge in [0.05, 0.1) is 17.1 Å². The van der Waals surface area contributed by atoms with E-state index in [1.807, 2.05) is 6.07 Å². The van der Waals surface area contributed by atoms with Crippen molar-refractivity contribution in [1.29, 1.82) is 0 Å². The summed E-state index contributed by atoms with van der Waals surface area (Å²) >= 11 is 5.95. The Balaban J connectivity index is 1.92. The third kappa shape index (κ3) is 2.28. The van der Waals surface area contributed by atoms with Crippen LogP contribution < -0.4 is 0 Å². The van der Waals surface area contributed by atoms with E-state index in [-0.39, 0.29) is 0 Å². The van der Waals surface area contributed by atoms with Gasteiger partial charge in [-0.2, -0.15) is 0 Å². The van der Waals surface area contributed by atoms with Crippen LogP contribution in [0.15, 0.2) is 84.9 Å². The molecule has 0 N–H and O–H groups in total. The molecule has 3 heteroatoms. The van der Waals surface area contributed by atoms with Gasteiger partial charge in [0.25, 0.3) is 0 Å². The Kier molecular flexibility index (Phi) is 3.61. The van der Waals surface area contributed by atoms with Gasteiger partial charge in [-0.3, -0.25) is 0 Å². The van der Waals surface area contributed by atoms with Crippen molar-refractivity contribution in [2.24, 2.45) is 0 Å². The number of para-hydroxylation sites is 2. The number of aryl methyl sites for hydroxylation is 1. The number of fused-ring (bicyclic) bond motifs is 3. The Bertz CT molecular complexity index is 1140. The zero-order valence-electron chi connectivity index (χ0n) is 14.3. The number of nitrogens with zero attached hydrogens (tertiary/aromatic N) is 2. The first-order valence-electron chi connectivity index (χ1n) is 8.90. The molecule has 126 valence electrons. The zero-order valence-corrected chi connectivity index (χ0v) is 15.1. The van der Waals surface area contributed by atoms with Crippen LogP contribution in [0.1, 0.15) is 11.1 Å². The summed E-state index contributed by atoms with van der Waals surface area (Å²) in [4.78, 5) is 0. The van der Waals surface area contributed by atoms with E-state index in [0.29, 0.717) is 0 Å². The molecule has 0 saturated carbocycles. The third-order valence-electron chi connectivity index (χ3n) is 5.07. The van der Waals surface area contributed by atoms with Gasteiger partial charge in [0.15, 0.2) is 0 Å². The minimum Gasteiger partial charge on any atom is -0.247 e. The Labute approximate surface area is 158 Å². The van der Waals surface area contributed by atoms with Gasteiger partial charge in [0.2, 0.25) is 0 Å². The number of hydrogen-bond acceptors (Lipinski definition) is 1. The third-order valence-corrected chi connectivity index (χ3v) is 5.49. The van der Waals surface area contributed by atoms with Crippen molar-refractivity contribution in [3.8, 4) is 22.6 Å². The smallest absolute Gasteiger partial charge is 0.132 e. The van der Waals surface area contributed by atoms with Crippen molar-refractivity contribution in [2.45, 2.75) is 12.8 Å². The van der Waals surface area contributed by atoms with Gasteiger partial charge >= 0.3 is 0 Å². The van der Waals surface area contributed by atoms with Crippen molar-refractivity contribution in [2.75, 3.05) is 0 Å². The number of aromatic nitrogens is 2. The first-order chi connectivity index (χ1) is 12.8. The first-order valence-corrected chi connectivity index (χ1v) is 9.31. The second-order valence-corrected chi connectivity index (χ2v) is 6.97. The Morgan fingerprint density at radius 1 is 0.615 bits per heavy atom. The molecule has 0 bridgehead atoms. The predicted molar refractivity (Wildman–Crippen MR) is 109 cm³/mol. The molecule has 26 heavy (non-hydrogen) atoms. The second-order valence-electron chi connectivity index (χ2n) is 6.58. The minimum atomic E-state index is 0.907. The SMILES string of the molecule is S=c1c2c(n(-c3ccccc3)n1-c1ccccc1)-c1ccccc1CC2. The fraction of sp³-hybridized carbons (Fsp3) is 0.0870. The van der Waals surface area contributed by atoms with Crippen LogP contribution in [0.3, 0.4) is 0 Å². The minimum absolute atomic E-state index is 0.907. The van der Waals surface area contributed by atoms with Gasteiger partial charge < -0.3 is 0 Å². The standard InChI is InChI=1S/C23H18N2S/c26-23-21-16-15-17-9-7-8-14-20(17)22(21)24(18-10-3-1-4-11-18)25(23)19-12-5-2-6-13-19/h1-14H,15-16H2.